The van der Waals surface area contributed by atoms with Crippen molar-refractivity contribution in [2.45, 2.75) is 26.7 Å². The van der Waals surface area contributed by atoms with Gasteiger partial charge in [0.1, 0.15) is 0 Å². The van der Waals surface area contributed by atoms with Gasteiger partial charge in [-0.1, -0.05) is 121 Å². The predicted octanol–water partition coefficient (Wildman–Crippen LogP) is 7.67. The van der Waals surface area contributed by atoms with Gasteiger partial charge in [0.15, 0.2) is 10.2 Å². The van der Waals surface area contributed by atoms with Gasteiger partial charge in [0.05, 0.1) is 0 Å². The quantitative estimate of drug-likeness (QED) is 0.275. The first kappa shape index (κ1) is 25.8. The second-order valence-corrected chi connectivity index (χ2v) is 10.5. The largest absolute Gasteiger partial charge is 0.288 e. The lowest BCUT2D eigenvalue weighted by Crippen LogP contribution is -1.91. The van der Waals surface area contributed by atoms with Gasteiger partial charge in [-0.2, -0.15) is 0 Å². The van der Waals surface area contributed by atoms with E-state index in [1.54, 1.807) is 13.8 Å². The highest BCUT2D eigenvalue weighted by Gasteiger charge is 1.98. The highest BCUT2D eigenvalue weighted by atomic mass is 32.2. The molecule has 0 saturated carbocycles. The van der Waals surface area contributed by atoms with E-state index >= 15 is 0 Å². The zero-order valence-corrected chi connectivity index (χ0v) is 21.3. The van der Waals surface area contributed by atoms with Crippen LogP contribution in [0.15, 0.2) is 72.8 Å². The Labute approximate surface area is 211 Å². The van der Waals surface area contributed by atoms with E-state index in [0.29, 0.717) is 0 Å². The van der Waals surface area contributed by atoms with Gasteiger partial charge in [0, 0.05) is 25.4 Å². The Hall–Kier alpha value is -2.82. The summed E-state index contributed by atoms with van der Waals surface area (Å²) in [5.74, 6) is 1.66. The molecule has 3 rings (SSSR count). The van der Waals surface area contributed by atoms with E-state index in [1.165, 1.54) is 34.7 Å². The van der Waals surface area contributed by atoms with Gasteiger partial charge < -0.3 is 0 Å². The molecule has 2 nitrogen and oxygen atoms in total. The molecule has 0 fully saturated rings. The third kappa shape index (κ3) is 9.58. The molecule has 174 valence electrons. The van der Waals surface area contributed by atoms with Gasteiger partial charge in [-0.15, -0.1) is 0 Å². The molecule has 0 spiro atoms. The van der Waals surface area contributed by atoms with Crippen molar-refractivity contribution in [1.29, 1.82) is 0 Å². The number of aryl methyl sites for hydroxylation is 2. The van der Waals surface area contributed by atoms with Gasteiger partial charge >= 0.3 is 0 Å². The zero-order chi connectivity index (χ0) is 24.2. The van der Waals surface area contributed by atoms with Gasteiger partial charge in [-0.05, 0) is 46.2 Å². The lowest BCUT2D eigenvalue weighted by molar-refractivity contribution is -0.109. The summed E-state index contributed by atoms with van der Waals surface area (Å²) in [7, 11) is 0. The van der Waals surface area contributed by atoms with Crippen LogP contribution >= 0.6 is 23.5 Å². The van der Waals surface area contributed by atoms with Crippen LogP contribution in [-0.4, -0.2) is 21.7 Å². The molecular formula is C30H30O2S2. The molecule has 4 heteroatoms. The minimum absolute atomic E-state index is 0.174. The number of carbonyl (C=O) groups excluding carboxylic acids is 2. The molecule has 0 heterocycles. The van der Waals surface area contributed by atoms with E-state index in [-0.39, 0.29) is 10.2 Å². The first-order chi connectivity index (χ1) is 16.5. The molecule has 0 aliphatic rings. The Balaban J connectivity index is 1.49. The van der Waals surface area contributed by atoms with E-state index in [2.05, 4.69) is 97.1 Å². The number of hydrogen-bond acceptors (Lipinski definition) is 4. The average Bonchev–Trinajstić information content (AvgIpc) is 2.83. The normalized spacial score (nSPS) is 11.4. The minimum Gasteiger partial charge on any atom is -0.288 e. The lowest BCUT2D eigenvalue weighted by atomic mass is 10.1. The SMILES string of the molecule is CC(=O)SCCc1ccc(/C=C/c2ccc(/C=C/c3ccc(CCSC(C)=O)cc3)cc2)cc1. The summed E-state index contributed by atoms with van der Waals surface area (Å²) in [6.07, 6.45) is 10.3. The van der Waals surface area contributed by atoms with Crippen LogP contribution in [0, 0.1) is 0 Å². The fourth-order valence-electron chi connectivity index (χ4n) is 3.32. The van der Waals surface area contributed by atoms with E-state index < -0.39 is 0 Å². The topological polar surface area (TPSA) is 34.1 Å². The Kier molecular flexibility index (Phi) is 10.5. The van der Waals surface area contributed by atoms with Crippen LogP contribution in [-0.2, 0) is 22.4 Å². The van der Waals surface area contributed by atoms with E-state index in [9.17, 15) is 9.59 Å². The molecule has 0 saturated heterocycles. The van der Waals surface area contributed by atoms with Crippen LogP contribution in [0.1, 0.15) is 47.2 Å². The van der Waals surface area contributed by atoms with Crippen LogP contribution in [0.2, 0.25) is 0 Å². The third-order valence-corrected chi connectivity index (χ3v) is 6.85. The van der Waals surface area contributed by atoms with Crippen LogP contribution < -0.4 is 0 Å². The van der Waals surface area contributed by atoms with Crippen LogP contribution in [0.25, 0.3) is 24.3 Å². The molecule has 34 heavy (non-hydrogen) atoms. The third-order valence-electron chi connectivity index (χ3n) is 5.22. The van der Waals surface area contributed by atoms with Crippen molar-refractivity contribution in [3.63, 3.8) is 0 Å². The molecule has 0 unspecified atom stereocenters. The molecule has 0 aliphatic heterocycles. The van der Waals surface area contributed by atoms with Gasteiger partial charge in [-0.25, -0.2) is 0 Å². The summed E-state index contributed by atoms with van der Waals surface area (Å²) in [5, 5.41) is 0.348. The maximum atomic E-state index is 11.0. The van der Waals surface area contributed by atoms with E-state index in [4.69, 9.17) is 0 Å². The predicted molar refractivity (Wildman–Crippen MR) is 151 cm³/mol. The van der Waals surface area contributed by atoms with Crippen LogP contribution in [0.5, 0.6) is 0 Å². The molecule has 0 bridgehead atoms. The molecule has 0 radical (unpaired) electrons. The number of carbonyl (C=O) groups is 2. The maximum absolute atomic E-state index is 11.0. The Morgan fingerprint density at radius 3 is 1.06 bits per heavy atom. The monoisotopic (exact) mass is 486 g/mol. The Morgan fingerprint density at radius 2 is 0.794 bits per heavy atom. The summed E-state index contributed by atoms with van der Waals surface area (Å²) in [4.78, 5) is 22.1. The number of rotatable bonds is 10. The molecule has 0 N–H and O–H groups in total. The average molecular weight is 487 g/mol. The van der Waals surface area contributed by atoms with Crippen molar-refractivity contribution < 1.29 is 9.59 Å². The molecule has 0 atom stereocenters. The summed E-state index contributed by atoms with van der Waals surface area (Å²) in [6.45, 7) is 3.22. The van der Waals surface area contributed by atoms with Crippen LogP contribution in [0.3, 0.4) is 0 Å². The summed E-state index contributed by atoms with van der Waals surface area (Å²) < 4.78 is 0. The Bertz CT molecular complexity index is 1030. The second kappa shape index (κ2) is 13.8. The minimum atomic E-state index is 0.174. The fourth-order valence-corrected chi connectivity index (χ4v) is 4.57. The zero-order valence-electron chi connectivity index (χ0n) is 19.7. The van der Waals surface area contributed by atoms with Crippen molar-refractivity contribution in [2.24, 2.45) is 0 Å². The lowest BCUT2D eigenvalue weighted by Gasteiger charge is -2.02. The van der Waals surface area contributed by atoms with Crippen molar-refractivity contribution in [1.82, 2.24) is 0 Å². The first-order valence-electron chi connectivity index (χ1n) is 11.4. The standard InChI is InChI=1S/C30H30O2S2/c1-23(31)33-21-19-29-15-11-27(12-16-29)9-7-25-3-5-26(6-4-25)8-10-28-13-17-30(18-14-28)20-22-34-24(2)32/h3-18H,19-22H2,1-2H3/b9-7+,10-8+. The molecule has 0 aromatic heterocycles. The van der Waals surface area contributed by atoms with Crippen LogP contribution in [0.4, 0.5) is 0 Å². The number of thioether (sulfide) groups is 2. The maximum Gasteiger partial charge on any atom is 0.185 e. The van der Waals surface area contributed by atoms with Gasteiger partial charge in [-0.3, -0.25) is 9.59 Å². The smallest absolute Gasteiger partial charge is 0.185 e. The van der Waals surface area contributed by atoms with Crippen molar-refractivity contribution in [3.8, 4) is 0 Å². The highest BCUT2D eigenvalue weighted by Crippen LogP contribution is 2.15. The summed E-state index contributed by atoms with van der Waals surface area (Å²) >= 11 is 2.75. The summed E-state index contributed by atoms with van der Waals surface area (Å²) in [5.41, 5.74) is 7.15. The van der Waals surface area contributed by atoms with E-state index in [0.717, 1.165) is 46.6 Å². The molecule has 0 aliphatic carbocycles. The van der Waals surface area contributed by atoms with Crippen molar-refractivity contribution in [2.75, 3.05) is 11.5 Å². The first-order valence-corrected chi connectivity index (χ1v) is 13.4. The van der Waals surface area contributed by atoms with E-state index in [1.807, 2.05) is 0 Å². The molecular weight excluding hydrogens is 456 g/mol. The molecule has 3 aromatic rings. The van der Waals surface area contributed by atoms with Crippen molar-refractivity contribution >= 4 is 58.1 Å². The second-order valence-electron chi connectivity index (χ2n) is 8.00. The number of hydrogen-bond donors (Lipinski definition) is 0. The van der Waals surface area contributed by atoms with Crippen molar-refractivity contribution in [3.05, 3.63) is 106 Å². The molecule has 3 aromatic carbocycles. The highest BCUT2D eigenvalue weighted by molar-refractivity contribution is 8.13. The number of benzene rings is 3. The Morgan fingerprint density at radius 1 is 0.529 bits per heavy atom. The molecule has 0 amide bonds. The van der Waals surface area contributed by atoms with Gasteiger partial charge in [0.25, 0.3) is 0 Å². The summed E-state index contributed by atoms with van der Waals surface area (Å²) in [6, 6.07) is 25.5. The van der Waals surface area contributed by atoms with Gasteiger partial charge in [0.2, 0.25) is 0 Å². The fraction of sp³-hybridized carbons (Fsp3) is 0.200.